The van der Waals surface area contributed by atoms with Crippen molar-refractivity contribution in [2.45, 2.75) is 6.92 Å². The molecule has 114 valence electrons. The van der Waals surface area contributed by atoms with Crippen LogP contribution < -0.4 is 0 Å². The molecule has 8 heteroatoms. The zero-order valence-electron chi connectivity index (χ0n) is 11.5. The molecular weight excluding hydrogens is 301 g/mol. The summed E-state index contributed by atoms with van der Waals surface area (Å²) in [6.07, 6.45) is 0.885. The lowest BCUT2D eigenvalue weighted by molar-refractivity contribution is 0.0566. The van der Waals surface area contributed by atoms with Crippen LogP contribution in [-0.2, 0) is 4.74 Å². The first-order valence-electron chi connectivity index (χ1n) is 6.55. The molecule has 1 aliphatic heterocycles. The van der Waals surface area contributed by atoms with Crippen molar-refractivity contribution in [3.05, 3.63) is 28.8 Å². The number of ether oxygens (including phenoxy) is 1. The lowest BCUT2D eigenvalue weighted by Gasteiger charge is -2.34. The van der Waals surface area contributed by atoms with E-state index in [-0.39, 0.29) is 10.7 Å². The molecule has 0 saturated carbocycles. The van der Waals surface area contributed by atoms with Gasteiger partial charge < -0.3 is 14.5 Å². The summed E-state index contributed by atoms with van der Waals surface area (Å²) in [6, 6.07) is 1.29. The molecule has 0 radical (unpaired) electrons. The normalized spacial score (nSPS) is 15.0. The molecule has 0 aliphatic carbocycles. The zero-order chi connectivity index (χ0) is 15.4. The molecule has 0 bridgehead atoms. The Balaban J connectivity index is 2.00. The standard InChI is InChI=1S/C13H15ClFN3O3/c1-2-21-13(20)18-7-5-17(6-8-18)12(19)9-3-4-16-11(14)10(9)15/h3-4H,2,5-8H2,1H3. The molecular formula is C13H15ClFN3O3. The molecule has 6 nitrogen and oxygen atoms in total. The molecule has 1 fully saturated rings. The van der Waals surface area contributed by atoms with Crippen LogP contribution in [0, 0.1) is 5.82 Å². The lowest BCUT2D eigenvalue weighted by atomic mass is 10.2. The van der Waals surface area contributed by atoms with E-state index in [1.54, 1.807) is 6.92 Å². The maximum atomic E-state index is 13.8. The van der Waals surface area contributed by atoms with Crippen LogP contribution in [0.25, 0.3) is 0 Å². The Bertz CT molecular complexity index is 547. The van der Waals surface area contributed by atoms with E-state index in [2.05, 4.69) is 4.98 Å². The minimum Gasteiger partial charge on any atom is -0.450 e. The fourth-order valence-corrected chi connectivity index (χ4v) is 2.22. The summed E-state index contributed by atoms with van der Waals surface area (Å²) in [5.74, 6) is -1.28. The number of rotatable bonds is 2. The van der Waals surface area contributed by atoms with Crippen LogP contribution in [0.2, 0.25) is 5.15 Å². The predicted octanol–water partition coefficient (Wildman–Crippen LogP) is 1.79. The van der Waals surface area contributed by atoms with Crippen molar-refractivity contribution in [2.24, 2.45) is 0 Å². The highest BCUT2D eigenvalue weighted by atomic mass is 35.5. The van der Waals surface area contributed by atoms with Gasteiger partial charge in [-0.05, 0) is 13.0 Å². The number of piperazine rings is 1. The monoisotopic (exact) mass is 315 g/mol. The molecule has 0 aromatic carbocycles. The number of amides is 2. The van der Waals surface area contributed by atoms with Gasteiger partial charge in [0.1, 0.15) is 0 Å². The molecule has 2 rings (SSSR count). The van der Waals surface area contributed by atoms with Gasteiger partial charge in [0.2, 0.25) is 0 Å². The smallest absolute Gasteiger partial charge is 0.409 e. The molecule has 1 aromatic rings. The van der Waals surface area contributed by atoms with Crippen LogP contribution in [0.15, 0.2) is 12.3 Å². The summed E-state index contributed by atoms with van der Waals surface area (Å²) < 4.78 is 18.7. The number of carbonyl (C=O) groups is 2. The topological polar surface area (TPSA) is 62.7 Å². The van der Waals surface area contributed by atoms with E-state index < -0.39 is 17.8 Å². The maximum absolute atomic E-state index is 13.8. The van der Waals surface area contributed by atoms with Gasteiger partial charge in [-0.25, -0.2) is 14.2 Å². The van der Waals surface area contributed by atoms with Crippen LogP contribution in [0.4, 0.5) is 9.18 Å². The lowest BCUT2D eigenvalue weighted by Crippen LogP contribution is -2.50. The molecule has 0 unspecified atom stereocenters. The van der Waals surface area contributed by atoms with Gasteiger partial charge in [0.15, 0.2) is 11.0 Å². The van der Waals surface area contributed by atoms with Gasteiger partial charge in [0, 0.05) is 32.4 Å². The first-order valence-corrected chi connectivity index (χ1v) is 6.93. The Hall–Kier alpha value is -1.89. The number of carbonyl (C=O) groups excluding carboxylic acids is 2. The third kappa shape index (κ3) is 3.41. The van der Waals surface area contributed by atoms with E-state index in [0.717, 1.165) is 0 Å². The van der Waals surface area contributed by atoms with Crippen LogP contribution in [0.1, 0.15) is 17.3 Å². The summed E-state index contributed by atoms with van der Waals surface area (Å²) in [7, 11) is 0. The second-order valence-corrected chi connectivity index (χ2v) is 4.80. The second kappa shape index (κ2) is 6.71. The van der Waals surface area contributed by atoms with Crippen molar-refractivity contribution in [1.29, 1.82) is 0 Å². The van der Waals surface area contributed by atoms with Crippen molar-refractivity contribution in [2.75, 3.05) is 32.8 Å². The fourth-order valence-electron chi connectivity index (χ4n) is 2.06. The Kier molecular flexibility index (Phi) is 4.95. The van der Waals surface area contributed by atoms with E-state index >= 15 is 0 Å². The van der Waals surface area contributed by atoms with Crippen molar-refractivity contribution < 1.29 is 18.7 Å². The van der Waals surface area contributed by atoms with Crippen LogP contribution in [-0.4, -0.2) is 59.6 Å². The minimum absolute atomic E-state index is 0.111. The highest BCUT2D eigenvalue weighted by Gasteiger charge is 2.27. The molecule has 0 N–H and O–H groups in total. The Morgan fingerprint density at radius 1 is 1.33 bits per heavy atom. The average Bonchev–Trinajstić information content (AvgIpc) is 2.50. The predicted molar refractivity (Wildman–Crippen MR) is 73.7 cm³/mol. The summed E-state index contributed by atoms with van der Waals surface area (Å²) >= 11 is 5.57. The van der Waals surface area contributed by atoms with E-state index in [4.69, 9.17) is 16.3 Å². The third-order valence-electron chi connectivity index (χ3n) is 3.17. The number of aromatic nitrogens is 1. The highest BCUT2D eigenvalue weighted by molar-refractivity contribution is 6.29. The van der Waals surface area contributed by atoms with Gasteiger partial charge in [-0.15, -0.1) is 0 Å². The van der Waals surface area contributed by atoms with Gasteiger partial charge in [0.25, 0.3) is 5.91 Å². The van der Waals surface area contributed by atoms with Gasteiger partial charge in [0.05, 0.1) is 12.2 Å². The molecule has 0 atom stereocenters. The Labute approximate surface area is 126 Å². The molecule has 2 heterocycles. The third-order valence-corrected chi connectivity index (χ3v) is 3.43. The summed E-state index contributed by atoms with van der Waals surface area (Å²) in [5.41, 5.74) is -0.111. The van der Waals surface area contributed by atoms with Crippen molar-refractivity contribution in [1.82, 2.24) is 14.8 Å². The van der Waals surface area contributed by atoms with Crippen molar-refractivity contribution in [3.8, 4) is 0 Å². The van der Waals surface area contributed by atoms with Gasteiger partial charge in [-0.1, -0.05) is 11.6 Å². The van der Waals surface area contributed by atoms with Gasteiger partial charge in [-0.2, -0.15) is 0 Å². The number of halogens is 2. The molecule has 1 aromatic heterocycles. The zero-order valence-corrected chi connectivity index (χ0v) is 12.3. The summed E-state index contributed by atoms with van der Waals surface area (Å²) in [4.78, 5) is 30.4. The van der Waals surface area contributed by atoms with Crippen molar-refractivity contribution >= 4 is 23.6 Å². The number of pyridine rings is 1. The number of hydrogen-bond donors (Lipinski definition) is 0. The minimum atomic E-state index is -0.822. The molecule has 2 amide bonds. The SMILES string of the molecule is CCOC(=O)N1CCN(C(=O)c2ccnc(Cl)c2F)CC1. The first kappa shape index (κ1) is 15.5. The van der Waals surface area contributed by atoms with Crippen LogP contribution in [0.5, 0.6) is 0 Å². The molecule has 1 aliphatic rings. The van der Waals surface area contributed by atoms with E-state index in [0.29, 0.717) is 32.8 Å². The van der Waals surface area contributed by atoms with E-state index in [1.807, 2.05) is 0 Å². The van der Waals surface area contributed by atoms with Crippen molar-refractivity contribution in [3.63, 3.8) is 0 Å². The van der Waals surface area contributed by atoms with E-state index in [9.17, 15) is 14.0 Å². The van der Waals surface area contributed by atoms with E-state index in [1.165, 1.54) is 22.1 Å². The van der Waals surface area contributed by atoms with Crippen LogP contribution >= 0.6 is 11.6 Å². The number of nitrogens with zero attached hydrogens (tertiary/aromatic N) is 3. The van der Waals surface area contributed by atoms with Gasteiger partial charge >= 0.3 is 6.09 Å². The summed E-state index contributed by atoms with van der Waals surface area (Å²) in [5, 5.41) is -0.328. The Morgan fingerprint density at radius 2 is 1.95 bits per heavy atom. The quantitative estimate of drug-likeness (QED) is 0.781. The highest BCUT2D eigenvalue weighted by Crippen LogP contribution is 2.17. The molecule has 21 heavy (non-hydrogen) atoms. The number of hydrogen-bond acceptors (Lipinski definition) is 4. The summed E-state index contributed by atoms with van der Waals surface area (Å²) in [6.45, 7) is 3.37. The fraction of sp³-hybridized carbons (Fsp3) is 0.462. The molecule has 1 saturated heterocycles. The average molecular weight is 316 g/mol. The second-order valence-electron chi connectivity index (χ2n) is 4.44. The largest absolute Gasteiger partial charge is 0.450 e. The molecule has 0 spiro atoms. The first-order chi connectivity index (χ1) is 10.0. The maximum Gasteiger partial charge on any atom is 0.409 e. The van der Waals surface area contributed by atoms with Gasteiger partial charge in [-0.3, -0.25) is 4.79 Å². The van der Waals surface area contributed by atoms with Crippen LogP contribution in [0.3, 0.4) is 0 Å². The Morgan fingerprint density at radius 3 is 2.57 bits per heavy atom.